The summed E-state index contributed by atoms with van der Waals surface area (Å²) in [6.45, 7) is 9.11. The van der Waals surface area contributed by atoms with Crippen LogP contribution in [-0.4, -0.2) is 23.5 Å². The monoisotopic (exact) mass is 330 g/mol. The first-order valence-corrected chi connectivity index (χ1v) is 8.13. The van der Waals surface area contributed by atoms with Gasteiger partial charge in [0.25, 0.3) is 0 Å². The van der Waals surface area contributed by atoms with Gasteiger partial charge in [0.05, 0.1) is 17.7 Å². The molecule has 1 atom stereocenters. The molecular weight excluding hydrogens is 304 g/mol. The summed E-state index contributed by atoms with van der Waals surface area (Å²) >= 11 is 0. The van der Waals surface area contributed by atoms with Crippen molar-refractivity contribution in [3.63, 3.8) is 0 Å². The number of carbonyl (C=O) groups is 2. The number of alkyl carbamates (subject to hydrolysis) is 1. The number of nitrogens with one attached hydrogen (secondary N) is 1. The molecule has 5 nitrogen and oxygen atoms in total. The molecule has 0 saturated heterocycles. The van der Waals surface area contributed by atoms with E-state index >= 15 is 0 Å². The number of Topliss-reactive ketones (excluding diaryl/α,β-unsaturated/α-hetero) is 1. The van der Waals surface area contributed by atoms with Crippen LogP contribution in [0.4, 0.5) is 4.79 Å². The first-order valence-electron chi connectivity index (χ1n) is 8.13. The number of amides is 1. The van der Waals surface area contributed by atoms with Gasteiger partial charge in [0.2, 0.25) is 0 Å². The number of carbonyl (C=O) groups excluding carboxylic acids is 2. The van der Waals surface area contributed by atoms with E-state index in [4.69, 9.17) is 10.00 Å². The summed E-state index contributed by atoms with van der Waals surface area (Å²) in [6, 6.07) is 8.70. The van der Waals surface area contributed by atoms with E-state index in [1.165, 1.54) is 0 Å². The number of nitrogens with zero attached hydrogens (tertiary/aromatic N) is 1. The molecule has 0 bridgehead atoms. The second-order valence-corrected chi connectivity index (χ2v) is 7.15. The third-order valence-electron chi connectivity index (χ3n) is 3.40. The fraction of sp³-hybridized carbons (Fsp3) is 0.526. The van der Waals surface area contributed by atoms with Gasteiger partial charge in [-0.3, -0.25) is 4.79 Å². The maximum absolute atomic E-state index is 12.5. The Balaban J connectivity index is 2.66. The summed E-state index contributed by atoms with van der Waals surface area (Å²) in [5.41, 5.74) is 0.904. The second kappa shape index (κ2) is 8.49. The van der Waals surface area contributed by atoms with Crippen molar-refractivity contribution in [1.29, 1.82) is 5.26 Å². The summed E-state index contributed by atoms with van der Waals surface area (Å²) in [4.78, 5) is 24.4. The van der Waals surface area contributed by atoms with Crippen molar-refractivity contribution in [2.75, 3.05) is 0 Å². The molecule has 1 aromatic rings. The van der Waals surface area contributed by atoms with Crippen LogP contribution in [0, 0.1) is 17.2 Å². The zero-order chi connectivity index (χ0) is 18.3. The van der Waals surface area contributed by atoms with E-state index < -0.39 is 17.7 Å². The molecule has 0 heterocycles. The number of aryl methyl sites for hydroxylation is 1. The molecule has 24 heavy (non-hydrogen) atoms. The highest BCUT2D eigenvalue weighted by molar-refractivity contribution is 5.87. The van der Waals surface area contributed by atoms with Crippen LogP contribution in [0.1, 0.15) is 52.2 Å². The Hall–Kier alpha value is -2.35. The lowest BCUT2D eigenvalue weighted by molar-refractivity contribution is -0.122. The summed E-state index contributed by atoms with van der Waals surface area (Å²) in [5.74, 6) is -0.0753. The maximum Gasteiger partial charge on any atom is 0.408 e. The zero-order valence-corrected chi connectivity index (χ0v) is 15.1. The number of hydrogen-bond acceptors (Lipinski definition) is 4. The fourth-order valence-corrected chi connectivity index (χ4v) is 2.27. The molecule has 5 heteroatoms. The zero-order valence-electron chi connectivity index (χ0n) is 15.1. The highest BCUT2D eigenvalue weighted by atomic mass is 16.6. The Kier molecular flexibility index (Phi) is 6.97. The lowest BCUT2D eigenvalue weighted by atomic mass is 9.95. The summed E-state index contributed by atoms with van der Waals surface area (Å²) in [7, 11) is 0. The Morgan fingerprint density at radius 3 is 2.50 bits per heavy atom. The number of hydrogen-bond donors (Lipinski definition) is 1. The first kappa shape index (κ1) is 19.7. The van der Waals surface area contributed by atoms with E-state index in [-0.39, 0.29) is 11.7 Å². The van der Waals surface area contributed by atoms with Crippen LogP contribution in [-0.2, 0) is 16.0 Å². The predicted octanol–water partition coefficient (Wildman–Crippen LogP) is 3.61. The second-order valence-electron chi connectivity index (χ2n) is 7.15. The molecule has 1 amide bonds. The van der Waals surface area contributed by atoms with Crippen LogP contribution in [0.3, 0.4) is 0 Å². The number of benzene rings is 1. The van der Waals surface area contributed by atoms with E-state index in [2.05, 4.69) is 11.4 Å². The minimum atomic E-state index is -0.605. The van der Waals surface area contributed by atoms with Crippen LogP contribution in [0.25, 0.3) is 0 Å². The van der Waals surface area contributed by atoms with Crippen molar-refractivity contribution in [2.24, 2.45) is 5.92 Å². The van der Waals surface area contributed by atoms with Crippen molar-refractivity contribution in [3.05, 3.63) is 35.4 Å². The minimum absolute atomic E-state index is 0.0320. The summed E-state index contributed by atoms with van der Waals surface area (Å²) in [5, 5.41) is 11.6. The van der Waals surface area contributed by atoms with E-state index in [1.54, 1.807) is 39.0 Å². The van der Waals surface area contributed by atoms with Gasteiger partial charge in [-0.05, 0) is 50.8 Å². The van der Waals surface area contributed by atoms with Gasteiger partial charge in [0.15, 0.2) is 5.78 Å². The van der Waals surface area contributed by atoms with Crippen molar-refractivity contribution < 1.29 is 14.3 Å². The Bertz CT molecular complexity index is 624. The lowest BCUT2D eigenvalue weighted by Gasteiger charge is -2.25. The molecule has 0 saturated carbocycles. The molecule has 1 aromatic carbocycles. The van der Waals surface area contributed by atoms with E-state index in [0.717, 1.165) is 5.56 Å². The predicted molar refractivity (Wildman–Crippen MR) is 92.5 cm³/mol. The molecule has 0 radical (unpaired) electrons. The average molecular weight is 330 g/mol. The molecule has 0 unspecified atom stereocenters. The Labute approximate surface area is 144 Å². The quantitative estimate of drug-likeness (QED) is 0.864. The van der Waals surface area contributed by atoms with Gasteiger partial charge in [-0.15, -0.1) is 0 Å². The van der Waals surface area contributed by atoms with Crippen molar-refractivity contribution in [1.82, 2.24) is 5.32 Å². The van der Waals surface area contributed by atoms with Crippen LogP contribution < -0.4 is 5.32 Å². The van der Waals surface area contributed by atoms with Crippen LogP contribution in [0.15, 0.2) is 24.3 Å². The van der Waals surface area contributed by atoms with Gasteiger partial charge < -0.3 is 10.1 Å². The highest BCUT2D eigenvalue weighted by Gasteiger charge is 2.26. The highest BCUT2D eigenvalue weighted by Crippen LogP contribution is 2.13. The molecule has 0 aliphatic rings. The molecule has 0 spiro atoms. The third-order valence-corrected chi connectivity index (χ3v) is 3.40. The van der Waals surface area contributed by atoms with E-state index in [9.17, 15) is 9.59 Å². The van der Waals surface area contributed by atoms with Gasteiger partial charge in [-0.1, -0.05) is 26.0 Å². The molecule has 0 aliphatic carbocycles. The number of ketones is 1. The minimum Gasteiger partial charge on any atom is -0.444 e. The van der Waals surface area contributed by atoms with Gasteiger partial charge in [0, 0.05) is 6.42 Å². The van der Waals surface area contributed by atoms with Crippen molar-refractivity contribution in [3.8, 4) is 6.07 Å². The van der Waals surface area contributed by atoms with Gasteiger partial charge in [0.1, 0.15) is 5.60 Å². The topological polar surface area (TPSA) is 79.2 Å². The molecular formula is C19H26N2O3. The van der Waals surface area contributed by atoms with E-state index in [1.807, 2.05) is 19.9 Å². The maximum atomic E-state index is 12.5. The lowest BCUT2D eigenvalue weighted by Crippen LogP contribution is -2.46. The third kappa shape index (κ3) is 6.82. The van der Waals surface area contributed by atoms with Crippen LogP contribution in [0.2, 0.25) is 0 Å². The Morgan fingerprint density at radius 2 is 1.96 bits per heavy atom. The number of ether oxygens (including phenoxy) is 1. The summed E-state index contributed by atoms with van der Waals surface area (Å²) < 4.78 is 5.22. The standard InChI is InChI=1S/C19H26N2O3/c1-13(2)17(21-18(23)24-19(3,4)5)16(22)10-9-14-7-6-8-15(11-14)12-20/h6-8,11,13,17H,9-10H2,1-5H3,(H,21,23)/t17-/m1/s1. The van der Waals surface area contributed by atoms with Crippen LogP contribution in [0.5, 0.6) is 0 Å². The van der Waals surface area contributed by atoms with Crippen LogP contribution >= 0.6 is 0 Å². The van der Waals surface area contributed by atoms with Gasteiger partial charge >= 0.3 is 6.09 Å². The van der Waals surface area contributed by atoms with Gasteiger partial charge in [-0.25, -0.2) is 4.79 Å². The molecule has 130 valence electrons. The normalized spacial score (nSPS) is 12.4. The largest absolute Gasteiger partial charge is 0.444 e. The SMILES string of the molecule is CC(C)[C@@H](NC(=O)OC(C)(C)C)C(=O)CCc1cccc(C#N)c1. The Morgan fingerprint density at radius 1 is 1.29 bits per heavy atom. The van der Waals surface area contributed by atoms with Gasteiger partial charge in [-0.2, -0.15) is 5.26 Å². The van der Waals surface area contributed by atoms with Crippen molar-refractivity contribution >= 4 is 11.9 Å². The molecule has 0 aromatic heterocycles. The average Bonchev–Trinajstić information content (AvgIpc) is 2.48. The first-order chi connectivity index (χ1) is 11.1. The molecule has 1 rings (SSSR count). The smallest absolute Gasteiger partial charge is 0.408 e. The molecule has 0 fully saturated rings. The molecule has 1 N–H and O–H groups in total. The number of rotatable bonds is 6. The fourth-order valence-electron chi connectivity index (χ4n) is 2.27. The van der Waals surface area contributed by atoms with E-state index in [0.29, 0.717) is 18.4 Å². The molecule has 0 aliphatic heterocycles. The number of nitriles is 1. The summed E-state index contributed by atoms with van der Waals surface area (Å²) in [6.07, 6.45) is 0.252. The van der Waals surface area contributed by atoms with Crippen molar-refractivity contribution in [2.45, 2.75) is 59.1 Å².